The second-order valence-corrected chi connectivity index (χ2v) is 9.40. The van der Waals surface area contributed by atoms with Gasteiger partial charge in [0.25, 0.3) is 5.91 Å². The van der Waals surface area contributed by atoms with E-state index in [0.29, 0.717) is 0 Å². The number of carbonyl (C=O) groups excluding carboxylic acids is 2. The fourth-order valence-corrected chi connectivity index (χ4v) is 4.83. The van der Waals surface area contributed by atoms with Crippen LogP contribution >= 0.6 is 0 Å². The SMILES string of the molecule is COc1cc(C(=O)N[C@@H]2CN(C(=O)C3CC(F)C3)C[C@@H]2F)cc(-c2cc(C(F)(F)F)c3c(N)ncnn23)c1. The molecule has 14 heteroatoms. The molecule has 0 bridgehead atoms. The molecule has 1 aliphatic carbocycles. The van der Waals surface area contributed by atoms with Gasteiger partial charge >= 0.3 is 6.18 Å². The molecule has 3 aromatic rings. The maximum absolute atomic E-state index is 14.7. The third-order valence-corrected chi connectivity index (χ3v) is 6.89. The van der Waals surface area contributed by atoms with E-state index in [1.807, 2.05) is 0 Å². The first kappa shape index (κ1) is 25.7. The number of nitrogens with two attached hydrogens (primary N) is 1. The molecule has 2 amide bonds. The molecule has 0 radical (unpaired) electrons. The highest BCUT2D eigenvalue weighted by molar-refractivity contribution is 5.96. The molecule has 2 aliphatic rings. The number of nitrogen functional groups attached to an aromatic ring is 1. The maximum atomic E-state index is 14.7. The predicted octanol–water partition coefficient (Wildman–Crippen LogP) is 3.03. The molecule has 9 nitrogen and oxygen atoms in total. The molecule has 1 saturated carbocycles. The van der Waals surface area contributed by atoms with Crippen LogP contribution in [0.2, 0.25) is 0 Å². The fraction of sp³-hybridized carbons (Fsp3) is 0.417. The summed E-state index contributed by atoms with van der Waals surface area (Å²) in [6.45, 7) is -0.303. The van der Waals surface area contributed by atoms with Gasteiger partial charge < -0.3 is 20.7 Å². The topological polar surface area (TPSA) is 115 Å². The number of amides is 2. The second kappa shape index (κ2) is 9.40. The van der Waals surface area contributed by atoms with Gasteiger partial charge in [-0.1, -0.05) is 0 Å². The Balaban J connectivity index is 1.43. The van der Waals surface area contributed by atoms with Gasteiger partial charge in [-0.3, -0.25) is 9.59 Å². The Bertz CT molecular complexity index is 1400. The number of aromatic nitrogens is 3. The molecule has 0 spiro atoms. The predicted molar refractivity (Wildman–Crippen MR) is 125 cm³/mol. The average Bonchev–Trinajstić information content (AvgIpc) is 3.43. The third kappa shape index (κ3) is 4.58. The highest BCUT2D eigenvalue weighted by atomic mass is 19.4. The number of halogens is 5. The van der Waals surface area contributed by atoms with E-state index in [9.17, 15) is 31.5 Å². The largest absolute Gasteiger partial charge is 0.497 e. The van der Waals surface area contributed by atoms with Gasteiger partial charge in [0, 0.05) is 23.6 Å². The van der Waals surface area contributed by atoms with Crippen LogP contribution in [0.4, 0.5) is 27.8 Å². The number of carbonyl (C=O) groups is 2. The second-order valence-electron chi connectivity index (χ2n) is 9.40. The molecule has 1 aromatic carbocycles. The number of alkyl halides is 5. The Labute approximate surface area is 212 Å². The van der Waals surface area contributed by atoms with Crippen molar-refractivity contribution in [2.75, 3.05) is 25.9 Å². The molecule has 2 aromatic heterocycles. The van der Waals surface area contributed by atoms with Crippen LogP contribution in [0.5, 0.6) is 5.75 Å². The molecule has 202 valence electrons. The number of fused-ring (bicyclic) bond motifs is 1. The number of nitrogens with zero attached hydrogens (tertiary/aromatic N) is 4. The molecule has 38 heavy (non-hydrogen) atoms. The van der Waals surface area contributed by atoms with Gasteiger partial charge in [0.05, 0.1) is 31.0 Å². The lowest BCUT2D eigenvalue weighted by atomic mass is 9.82. The molecule has 1 saturated heterocycles. The van der Waals surface area contributed by atoms with Gasteiger partial charge in [0.2, 0.25) is 5.91 Å². The van der Waals surface area contributed by atoms with Crippen molar-refractivity contribution in [3.8, 4) is 17.0 Å². The summed E-state index contributed by atoms with van der Waals surface area (Å²) < 4.78 is 75.3. The van der Waals surface area contributed by atoms with E-state index in [0.717, 1.165) is 16.9 Å². The number of hydrogen-bond donors (Lipinski definition) is 2. The number of nitrogens with one attached hydrogen (secondary N) is 1. The van der Waals surface area contributed by atoms with Crippen molar-refractivity contribution in [2.45, 2.75) is 37.4 Å². The summed E-state index contributed by atoms with van der Waals surface area (Å²) in [4.78, 5) is 30.5. The lowest BCUT2D eigenvalue weighted by Gasteiger charge is -2.31. The zero-order valence-corrected chi connectivity index (χ0v) is 20.0. The number of ether oxygens (including phenoxy) is 1. The minimum atomic E-state index is -4.76. The van der Waals surface area contributed by atoms with E-state index >= 15 is 0 Å². The summed E-state index contributed by atoms with van der Waals surface area (Å²) in [5, 5.41) is 6.45. The van der Waals surface area contributed by atoms with Gasteiger partial charge in [-0.2, -0.15) is 18.3 Å². The lowest BCUT2D eigenvalue weighted by Crippen LogP contribution is -2.44. The van der Waals surface area contributed by atoms with E-state index < -0.39 is 47.5 Å². The van der Waals surface area contributed by atoms with Gasteiger partial charge in [-0.15, -0.1) is 0 Å². The molecule has 3 N–H and O–H groups in total. The zero-order valence-electron chi connectivity index (χ0n) is 20.0. The van der Waals surface area contributed by atoms with E-state index in [4.69, 9.17) is 10.5 Å². The zero-order chi connectivity index (χ0) is 27.4. The van der Waals surface area contributed by atoms with Crippen molar-refractivity contribution in [3.63, 3.8) is 0 Å². The highest BCUT2D eigenvalue weighted by Crippen LogP contribution is 2.39. The Morgan fingerprint density at radius 3 is 2.53 bits per heavy atom. The first-order valence-electron chi connectivity index (χ1n) is 11.7. The molecule has 0 unspecified atom stereocenters. The number of anilines is 1. The van der Waals surface area contributed by atoms with Crippen LogP contribution in [0.15, 0.2) is 30.6 Å². The molecular formula is C24H23F5N6O3. The minimum absolute atomic E-state index is 0.0128. The van der Waals surface area contributed by atoms with Crippen LogP contribution in [0.1, 0.15) is 28.8 Å². The Morgan fingerprint density at radius 2 is 1.87 bits per heavy atom. The van der Waals surface area contributed by atoms with Crippen LogP contribution in [-0.2, 0) is 11.0 Å². The lowest BCUT2D eigenvalue weighted by molar-refractivity contribution is -0.139. The summed E-state index contributed by atoms with van der Waals surface area (Å²) in [6.07, 6.45) is -6.11. The average molecular weight is 538 g/mol. The van der Waals surface area contributed by atoms with Crippen molar-refractivity contribution in [3.05, 3.63) is 41.7 Å². The van der Waals surface area contributed by atoms with Crippen LogP contribution in [-0.4, -0.2) is 69.9 Å². The maximum Gasteiger partial charge on any atom is 0.418 e. The first-order valence-corrected chi connectivity index (χ1v) is 11.7. The summed E-state index contributed by atoms with van der Waals surface area (Å²) in [5.74, 6) is -1.76. The Morgan fingerprint density at radius 1 is 1.13 bits per heavy atom. The quantitative estimate of drug-likeness (QED) is 0.483. The molecule has 1 aliphatic heterocycles. The molecule has 2 atom stereocenters. The van der Waals surface area contributed by atoms with E-state index in [-0.39, 0.29) is 60.2 Å². The van der Waals surface area contributed by atoms with Crippen LogP contribution < -0.4 is 15.8 Å². The van der Waals surface area contributed by atoms with Crippen LogP contribution in [0.3, 0.4) is 0 Å². The van der Waals surface area contributed by atoms with Crippen LogP contribution in [0, 0.1) is 5.92 Å². The fourth-order valence-electron chi connectivity index (χ4n) is 4.83. The summed E-state index contributed by atoms with van der Waals surface area (Å²) >= 11 is 0. The minimum Gasteiger partial charge on any atom is -0.497 e. The van der Waals surface area contributed by atoms with Crippen molar-refractivity contribution >= 4 is 23.1 Å². The monoisotopic (exact) mass is 538 g/mol. The van der Waals surface area contributed by atoms with E-state index in [2.05, 4.69) is 15.4 Å². The van der Waals surface area contributed by atoms with Crippen molar-refractivity contribution in [2.24, 2.45) is 5.92 Å². The standard InChI is InChI=1S/C24H23F5N6O3/c1-38-15-5-11(19-7-16(24(27,28)29)20-21(30)31-10-32-35(19)20)2-12(6-15)22(36)33-18-9-34(8-17(18)26)23(37)13-3-14(25)4-13/h2,5-7,10,13-14,17-18H,3-4,8-9H2,1H3,(H,33,36)(H2,30,31,32)/t13?,14?,17-,18+/m0/s1. The van der Waals surface area contributed by atoms with Gasteiger partial charge in [-0.05, 0) is 37.1 Å². The molecular weight excluding hydrogens is 515 g/mol. The summed E-state index contributed by atoms with van der Waals surface area (Å²) in [6, 6.07) is 3.92. The summed E-state index contributed by atoms with van der Waals surface area (Å²) in [5.41, 5.74) is 4.33. The number of benzene rings is 1. The van der Waals surface area contributed by atoms with Gasteiger partial charge in [0.1, 0.15) is 29.9 Å². The highest BCUT2D eigenvalue weighted by Gasteiger charge is 2.43. The molecule has 5 rings (SSSR count). The number of likely N-dealkylation sites (tertiary alicyclic amines) is 1. The smallest absolute Gasteiger partial charge is 0.418 e. The third-order valence-electron chi connectivity index (χ3n) is 6.89. The number of methoxy groups -OCH3 is 1. The Kier molecular flexibility index (Phi) is 6.35. The van der Waals surface area contributed by atoms with Crippen molar-refractivity contribution < 1.29 is 36.3 Å². The Hall–Kier alpha value is -3.97. The normalized spacial score (nSPS) is 23.4. The van der Waals surface area contributed by atoms with Gasteiger partial charge in [-0.25, -0.2) is 18.3 Å². The van der Waals surface area contributed by atoms with E-state index in [1.165, 1.54) is 30.2 Å². The first-order chi connectivity index (χ1) is 18.0. The van der Waals surface area contributed by atoms with Crippen molar-refractivity contribution in [1.29, 1.82) is 0 Å². The van der Waals surface area contributed by atoms with Crippen molar-refractivity contribution in [1.82, 2.24) is 24.8 Å². The summed E-state index contributed by atoms with van der Waals surface area (Å²) in [7, 11) is 1.32. The van der Waals surface area contributed by atoms with Gasteiger partial charge in [0.15, 0.2) is 5.82 Å². The number of hydrogen-bond acceptors (Lipinski definition) is 6. The van der Waals surface area contributed by atoms with Crippen LogP contribution in [0.25, 0.3) is 16.8 Å². The number of rotatable bonds is 5. The molecule has 3 heterocycles. The van der Waals surface area contributed by atoms with E-state index in [1.54, 1.807) is 0 Å². The molecule has 2 fully saturated rings.